The Morgan fingerprint density at radius 3 is 3.12 bits per heavy atom. The number of hydrogen-bond donors (Lipinski definition) is 1. The van der Waals surface area contributed by atoms with E-state index in [4.69, 9.17) is 0 Å². The Morgan fingerprint density at radius 1 is 1.44 bits per heavy atom. The largest absolute Gasteiger partial charge is 0.390 e. The van der Waals surface area contributed by atoms with Crippen LogP contribution in [0, 0.1) is 0 Å². The molecule has 3 heterocycles. The number of hydrogen-bond acceptors (Lipinski definition) is 3. The van der Waals surface area contributed by atoms with Crippen molar-refractivity contribution in [1.82, 2.24) is 9.55 Å². The Hall–Kier alpha value is -1.13. The lowest BCUT2D eigenvalue weighted by molar-refractivity contribution is 0.275. The van der Waals surface area contributed by atoms with Crippen molar-refractivity contribution >= 4 is 11.3 Å². The molecule has 0 bridgehead atoms. The van der Waals surface area contributed by atoms with Crippen LogP contribution in [0.15, 0.2) is 17.5 Å². The fourth-order valence-corrected chi connectivity index (χ4v) is 3.06. The van der Waals surface area contributed by atoms with Crippen LogP contribution in [0.1, 0.15) is 24.2 Å². The summed E-state index contributed by atoms with van der Waals surface area (Å²) in [5.41, 5.74) is 2.10. The molecule has 1 N–H and O–H groups in total. The maximum atomic E-state index is 9.33. The molecule has 2 aromatic rings. The fraction of sp³-hybridized carbons (Fsp3) is 0.417. The lowest BCUT2D eigenvalue weighted by Crippen LogP contribution is -2.11. The first-order valence-electron chi connectivity index (χ1n) is 5.63. The summed E-state index contributed by atoms with van der Waals surface area (Å²) in [5.74, 6) is 1.04. The highest BCUT2D eigenvalue weighted by molar-refractivity contribution is 7.13. The third-order valence-corrected chi connectivity index (χ3v) is 3.96. The van der Waals surface area contributed by atoms with Crippen molar-refractivity contribution in [3.8, 4) is 10.7 Å². The number of nitrogens with zero attached hydrogens (tertiary/aromatic N) is 2. The van der Waals surface area contributed by atoms with Gasteiger partial charge in [-0.3, -0.25) is 0 Å². The summed E-state index contributed by atoms with van der Waals surface area (Å²) in [4.78, 5) is 5.77. The van der Waals surface area contributed by atoms with E-state index in [1.54, 1.807) is 11.3 Å². The lowest BCUT2D eigenvalue weighted by atomic mass is 10.1. The first kappa shape index (κ1) is 10.1. The smallest absolute Gasteiger partial charge is 0.150 e. The van der Waals surface area contributed by atoms with Gasteiger partial charge in [0.1, 0.15) is 0 Å². The highest BCUT2D eigenvalue weighted by atomic mass is 32.1. The molecule has 84 valence electrons. The molecule has 3 nitrogen and oxygen atoms in total. The van der Waals surface area contributed by atoms with Crippen molar-refractivity contribution < 1.29 is 5.11 Å². The monoisotopic (exact) mass is 234 g/mol. The van der Waals surface area contributed by atoms with Crippen LogP contribution in [0.3, 0.4) is 0 Å². The second kappa shape index (κ2) is 4.03. The van der Waals surface area contributed by atoms with Gasteiger partial charge in [0.25, 0.3) is 0 Å². The molecule has 16 heavy (non-hydrogen) atoms. The number of aliphatic hydroxyl groups is 1. The van der Waals surface area contributed by atoms with Crippen molar-refractivity contribution in [2.75, 3.05) is 0 Å². The van der Waals surface area contributed by atoms with E-state index in [9.17, 15) is 5.11 Å². The molecule has 0 fully saturated rings. The molecule has 0 spiro atoms. The molecular weight excluding hydrogens is 220 g/mol. The van der Waals surface area contributed by atoms with Gasteiger partial charge in [-0.05, 0) is 30.7 Å². The third-order valence-electron chi connectivity index (χ3n) is 3.09. The minimum Gasteiger partial charge on any atom is -0.390 e. The zero-order valence-corrected chi connectivity index (χ0v) is 9.83. The zero-order chi connectivity index (χ0) is 11.0. The van der Waals surface area contributed by atoms with Crippen LogP contribution in [0.4, 0.5) is 0 Å². The molecule has 0 saturated heterocycles. The molecule has 0 amide bonds. The molecular formula is C12H14N2OS. The highest BCUT2D eigenvalue weighted by Crippen LogP contribution is 2.30. The molecule has 0 aliphatic carbocycles. The Morgan fingerprint density at radius 2 is 2.38 bits per heavy atom. The number of aromatic nitrogens is 2. The summed E-state index contributed by atoms with van der Waals surface area (Å²) in [6, 6.07) is 4.14. The number of imidazole rings is 1. The minimum atomic E-state index is 0.0563. The molecule has 0 saturated carbocycles. The van der Waals surface area contributed by atoms with E-state index in [1.165, 1.54) is 23.4 Å². The predicted molar refractivity (Wildman–Crippen MR) is 64.4 cm³/mol. The summed E-state index contributed by atoms with van der Waals surface area (Å²) in [6.45, 7) is 1.09. The van der Waals surface area contributed by atoms with Crippen molar-refractivity contribution in [2.45, 2.75) is 32.4 Å². The van der Waals surface area contributed by atoms with Gasteiger partial charge in [0.05, 0.1) is 17.2 Å². The Balaban J connectivity index is 2.15. The summed E-state index contributed by atoms with van der Waals surface area (Å²) < 4.78 is 2.28. The van der Waals surface area contributed by atoms with Crippen LogP contribution >= 0.6 is 11.3 Å². The Bertz CT molecular complexity index is 487. The van der Waals surface area contributed by atoms with E-state index >= 15 is 0 Å². The van der Waals surface area contributed by atoms with E-state index < -0.39 is 0 Å². The van der Waals surface area contributed by atoms with E-state index in [2.05, 4.69) is 21.0 Å². The van der Waals surface area contributed by atoms with E-state index in [0.717, 1.165) is 24.5 Å². The lowest BCUT2D eigenvalue weighted by Gasteiger charge is -2.16. The van der Waals surface area contributed by atoms with Gasteiger partial charge < -0.3 is 9.67 Å². The highest BCUT2D eigenvalue weighted by Gasteiger charge is 2.20. The Kier molecular flexibility index (Phi) is 2.53. The summed E-state index contributed by atoms with van der Waals surface area (Å²) in [6.07, 6.45) is 3.48. The molecule has 4 heteroatoms. The average Bonchev–Trinajstić information content (AvgIpc) is 2.95. The number of aliphatic hydroxyl groups excluding tert-OH is 1. The quantitative estimate of drug-likeness (QED) is 0.866. The fourth-order valence-electron chi connectivity index (χ4n) is 2.34. The molecule has 1 aliphatic heterocycles. The van der Waals surface area contributed by atoms with Gasteiger partial charge in [0.2, 0.25) is 0 Å². The topological polar surface area (TPSA) is 38.1 Å². The summed E-state index contributed by atoms with van der Waals surface area (Å²) >= 11 is 1.71. The number of fused-ring (bicyclic) bond motifs is 1. The molecule has 0 atom stereocenters. The van der Waals surface area contributed by atoms with Gasteiger partial charge in [-0.25, -0.2) is 4.98 Å². The molecule has 3 rings (SSSR count). The first-order chi connectivity index (χ1) is 7.90. The van der Waals surface area contributed by atoms with Crippen LogP contribution in [0.25, 0.3) is 10.7 Å². The predicted octanol–water partition coefficient (Wildman–Crippen LogP) is 2.44. The summed E-state index contributed by atoms with van der Waals surface area (Å²) in [5, 5.41) is 11.4. The molecule has 1 aliphatic rings. The summed E-state index contributed by atoms with van der Waals surface area (Å²) in [7, 11) is 0. The van der Waals surface area contributed by atoms with Gasteiger partial charge in [-0.15, -0.1) is 11.3 Å². The standard InChI is InChI=1S/C12H14N2OS/c15-8-9-10-4-1-2-6-14(10)12(13-9)11-5-3-7-16-11/h3,5,7,15H,1-2,4,6,8H2. The number of thiophene rings is 1. The second-order valence-electron chi connectivity index (χ2n) is 4.07. The molecule has 0 unspecified atom stereocenters. The van der Waals surface area contributed by atoms with Crippen LogP contribution in [-0.4, -0.2) is 14.7 Å². The van der Waals surface area contributed by atoms with Crippen LogP contribution in [0.2, 0.25) is 0 Å². The number of rotatable bonds is 2. The van der Waals surface area contributed by atoms with Crippen LogP contribution in [0.5, 0.6) is 0 Å². The molecule has 0 aromatic carbocycles. The molecule has 0 radical (unpaired) electrons. The van der Waals surface area contributed by atoms with Crippen LogP contribution < -0.4 is 0 Å². The van der Waals surface area contributed by atoms with Gasteiger partial charge >= 0.3 is 0 Å². The normalized spacial score (nSPS) is 15.1. The molecule has 2 aromatic heterocycles. The van der Waals surface area contributed by atoms with Crippen molar-refractivity contribution in [2.24, 2.45) is 0 Å². The third kappa shape index (κ3) is 1.49. The van der Waals surface area contributed by atoms with Crippen molar-refractivity contribution in [1.29, 1.82) is 0 Å². The average molecular weight is 234 g/mol. The van der Waals surface area contributed by atoms with Gasteiger partial charge in [-0.2, -0.15) is 0 Å². The van der Waals surface area contributed by atoms with E-state index in [1.807, 2.05) is 6.07 Å². The maximum absolute atomic E-state index is 9.33. The van der Waals surface area contributed by atoms with E-state index in [-0.39, 0.29) is 6.61 Å². The second-order valence-corrected chi connectivity index (χ2v) is 5.02. The van der Waals surface area contributed by atoms with Crippen LogP contribution in [-0.2, 0) is 19.6 Å². The van der Waals surface area contributed by atoms with Gasteiger partial charge in [0, 0.05) is 12.2 Å². The maximum Gasteiger partial charge on any atom is 0.150 e. The van der Waals surface area contributed by atoms with Gasteiger partial charge in [-0.1, -0.05) is 6.07 Å². The van der Waals surface area contributed by atoms with Crippen molar-refractivity contribution in [3.63, 3.8) is 0 Å². The minimum absolute atomic E-state index is 0.0563. The Labute approximate surface area is 98.4 Å². The van der Waals surface area contributed by atoms with Gasteiger partial charge in [0.15, 0.2) is 5.82 Å². The zero-order valence-electron chi connectivity index (χ0n) is 9.02. The SMILES string of the molecule is OCc1nc(-c2cccs2)n2c1CCCC2. The first-order valence-corrected chi connectivity index (χ1v) is 6.51. The van der Waals surface area contributed by atoms with E-state index in [0.29, 0.717) is 0 Å². The van der Waals surface area contributed by atoms with Crippen molar-refractivity contribution in [3.05, 3.63) is 28.9 Å².